The Balaban J connectivity index is 1.74. The summed E-state index contributed by atoms with van der Waals surface area (Å²) < 4.78 is 7.69. The van der Waals surface area contributed by atoms with Gasteiger partial charge in [-0.25, -0.2) is 9.67 Å². The van der Waals surface area contributed by atoms with E-state index in [0.717, 1.165) is 17.4 Å². The molecular weight excluding hydrogens is 238 g/mol. The highest BCUT2D eigenvalue weighted by Gasteiger charge is 2.31. The molecule has 2 aliphatic rings. The van der Waals surface area contributed by atoms with E-state index in [1.54, 1.807) is 6.26 Å². The molecule has 2 fully saturated rings. The van der Waals surface area contributed by atoms with Gasteiger partial charge in [-0.3, -0.25) is 0 Å². The van der Waals surface area contributed by atoms with Crippen LogP contribution >= 0.6 is 0 Å². The van der Waals surface area contributed by atoms with Gasteiger partial charge in [-0.05, 0) is 37.8 Å². The van der Waals surface area contributed by atoms with Gasteiger partial charge in [-0.15, -0.1) is 0 Å². The number of furan rings is 1. The van der Waals surface area contributed by atoms with E-state index < -0.39 is 0 Å². The first-order valence-electron chi connectivity index (χ1n) is 7.42. The molecule has 0 radical (unpaired) electrons. The summed E-state index contributed by atoms with van der Waals surface area (Å²) in [7, 11) is 0. The van der Waals surface area contributed by atoms with Gasteiger partial charge in [-0.2, -0.15) is 5.10 Å². The summed E-state index contributed by atoms with van der Waals surface area (Å²) in [5.41, 5.74) is 0. The fraction of sp³-hybridized carbons (Fsp3) is 0.600. The summed E-state index contributed by atoms with van der Waals surface area (Å²) in [6.07, 6.45) is 10.6. The molecule has 19 heavy (non-hydrogen) atoms. The minimum Gasteiger partial charge on any atom is -0.461 e. The van der Waals surface area contributed by atoms with E-state index in [9.17, 15) is 0 Å². The molecule has 2 heterocycles. The van der Waals surface area contributed by atoms with E-state index in [4.69, 9.17) is 14.5 Å². The summed E-state index contributed by atoms with van der Waals surface area (Å²) in [5, 5.41) is 4.80. The zero-order valence-electron chi connectivity index (χ0n) is 11.1. The maximum atomic E-state index is 5.54. The molecule has 0 aliphatic heterocycles. The molecule has 4 rings (SSSR count). The number of hydrogen-bond donors (Lipinski definition) is 0. The molecular formula is C15H19N3O. The molecule has 0 N–H and O–H groups in total. The highest BCUT2D eigenvalue weighted by atomic mass is 16.3. The summed E-state index contributed by atoms with van der Waals surface area (Å²) in [5.74, 6) is 3.40. The third-order valence-electron chi connectivity index (χ3n) is 4.25. The van der Waals surface area contributed by atoms with Gasteiger partial charge < -0.3 is 4.42 Å². The smallest absolute Gasteiger partial charge is 0.194 e. The van der Waals surface area contributed by atoms with Crippen LogP contribution < -0.4 is 0 Å². The Morgan fingerprint density at radius 1 is 1.11 bits per heavy atom. The molecule has 0 amide bonds. The molecule has 0 atom stereocenters. The second-order valence-corrected chi connectivity index (χ2v) is 5.78. The number of hydrogen-bond acceptors (Lipinski definition) is 3. The molecule has 2 saturated carbocycles. The lowest BCUT2D eigenvalue weighted by Crippen LogP contribution is -2.15. The van der Waals surface area contributed by atoms with Crippen molar-refractivity contribution in [2.24, 2.45) is 0 Å². The largest absolute Gasteiger partial charge is 0.461 e. The lowest BCUT2D eigenvalue weighted by molar-refractivity contribution is 0.328. The molecule has 2 aromatic heterocycles. The summed E-state index contributed by atoms with van der Waals surface area (Å²) in [4.78, 5) is 4.75. The van der Waals surface area contributed by atoms with Crippen LogP contribution in [0.3, 0.4) is 0 Å². The van der Waals surface area contributed by atoms with Crippen LogP contribution in [-0.2, 0) is 0 Å². The first-order valence-corrected chi connectivity index (χ1v) is 7.42. The van der Waals surface area contributed by atoms with E-state index >= 15 is 0 Å². The highest BCUT2D eigenvalue weighted by molar-refractivity contribution is 5.47. The molecule has 0 saturated heterocycles. The molecule has 4 heteroatoms. The molecule has 0 aromatic carbocycles. The van der Waals surface area contributed by atoms with Gasteiger partial charge in [-0.1, -0.05) is 19.3 Å². The molecule has 0 spiro atoms. The lowest BCUT2D eigenvalue weighted by Gasteiger charge is -2.22. The fourth-order valence-corrected chi connectivity index (χ4v) is 3.01. The molecule has 4 nitrogen and oxygen atoms in total. The minimum atomic E-state index is 0.508. The number of rotatable bonds is 3. The van der Waals surface area contributed by atoms with Crippen molar-refractivity contribution in [3.8, 4) is 11.6 Å². The number of aromatic nitrogens is 3. The molecule has 2 aromatic rings. The van der Waals surface area contributed by atoms with Gasteiger partial charge in [0.1, 0.15) is 0 Å². The van der Waals surface area contributed by atoms with Crippen LogP contribution in [0, 0.1) is 0 Å². The van der Waals surface area contributed by atoms with E-state index in [2.05, 4.69) is 4.68 Å². The molecule has 0 bridgehead atoms. The molecule has 2 aliphatic carbocycles. The van der Waals surface area contributed by atoms with Crippen molar-refractivity contribution in [3.63, 3.8) is 0 Å². The number of nitrogens with zero attached hydrogens (tertiary/aromatic N) is 3. The zero-order chi connectivity index (χ0) is 12.7. The Morgan fingerprint density at radius 3 is 2.63 bits per heavy atom. The first-order chi connectivity index (χ1) is 9.42. The normalized spacial score (nSPS) is 20.8. The Kier molecular flexibility index (Phi) is 2.67. The van der Waals surface area contributed by atoms with Crippen LogP contribution in [0.4, 0.5) is 0 Å². The SMILES string of the molecule is c1coc(-c2nc(C3CC3)nn2C2CCCCC2)c1. The van der Waals surface area contributed by atoms with Crippen molar-refractivity contribution in [3.05, 3.63) is 24.2 Å². The van der Waals surface area contributed by atoms with Crippen LogP contribution in [-0.4, -0.2) is 14.8 Å². The Hall–Kier alpha value is -1.58. The second kappa shape index (κ2) is 4.51. The van der Waals surface area contributed by atoms with Crippen LogP contribution in [0.2, 0.25) is 0 Å². The van der Waals surface area contributed by atoms with Crippen molar-refractivity contribution in [2.75, 3.05) is 0 Å². The van der Waals surface area contributed by atoms with Gasteiger partial charge in [0, 0.05) is 5.92 Å². The topological polar surface area (TPSA) is 43.9 Å². The van der Waals surface area contributed by atoms with Crippen molar-refractivity contribution >= 4 is 0 Å². The van der Waals surface area contributed by atoms with Gasteiger partial charge >= 0.3 is 0 Å². The van der Waals surface area contributed by atoms with Gasteiger partial charge in [0.2, 0.25) is 0 Å². The maximum absolute atomic E-state index is 5.54. The van der Waals surface area contributed by atoms with Crippen LogP contribution in [0.15, 0.2) is 22.8 Å². The highest BCUT2D eigenvalue weighted by Crippen LogP contribution is 2.40. The summed E-state index contributed by atoms with van der Waals surface area (Å²) in [6.45, 7) is 0. The average molecular weight is 257 g/mol. The maximum Gasteiger partial charge on any atom is 0.194 e. The van der Waals surface area contributed by atoms with Gasteiger partial charge in [0.25, 0.3) is 0 Å². The Morgan fingerprint density at radius 2 is 1.95 bits per heavy atom. The fourth-order valence-electron chi connectivity index (χ4n) is 3.01. The van der Waals surface area contributed by atoms with Crippen LogP contribution in [0.1, 0.15) is 62.7 Å². The third kappa shape index (κ3) is 2.09. The van der Waals surface area contributed by atoms with Crippen LogP contribution in [0.25, 0.3) is 11.6 Å². The van der Waals surface area contributed by atoms with E-state index in [1.165, 1.54) is 44.9 Å². The second-order valence-electron chi connectivity index (χ2n) is 5.78. The van der Waals surface area contributed by atoms with E-state index in [1.807, 2.05) is 12.1 Å². The zero-order valence-corrected chi connectivity index (χ0v) is 11.1. The van der Waals surface area contributed by atoms with Gasteiger partial charge in [0.05, 0.1) is 12.3 Å². The van der Waals surface area contributed by atoms with Crippen molar-refractivity contribution in [1.82, 2.24) is 14.8 Å². The van der Waals surface area contributed by atoms with E-state index in [0.29, 0.717) is 12.0 Å². The predicted octanol–water partition coefficient (Wildman–Crippen LogP) is 3.92. The van der Waals surface area contributed by atoms with Crippen molar-refractivity contribution < 1.29 is 4.42 Å². The van der Waals surface area contributed by atoms with E-state index in [-0.39, 0.29) is 0 Å². The third-order valence-corrected chi connectivity index (χ3v) is 4.25. The van der Waals surface area contributed by atoms with Crippen LogP contribution in [0.5, 0.6) is 0 Å². The standard InChI is InChI=1S/C15H19N3O/c1-2-5-12(6-3-1)18-15(13-7-4-10-19-13)16-14(17-18)11-8-9-11/h4,7,10-12H,1-3,5-6,8-9H2. The monoisotopic (exact) mass is 257 g/mol. The minimum absolute atomic E-state index is 0.508. The summed E-state index contributed by atoms with van der Waals surface area (Å²) >= 11 is 0. The first kappa shape index (κ1) is 11.3. The van der Waals surface area contributed by atoms with Crippen molar-refractivity contribution in [1.29, 1.82) is 0 Å². The molecule has 100 valence electrons. The lowest BCUT2D eigenvalue weighted by atomic mass is 9.95. The summed E-state index contributed by atoms with van der Waals surface area (Å²) in [6, 6.07) is 4.42. The Bertz CT molecular complexity index is 548. The van der Waals surface area contributed by atoms with Gasteiger partial charge in [0.15, 0.2) is 17.4 Å². The average Bonchev–Trinajstić information content (AvgIpc) is 3.01. The van der Waals surface area contributed by atoms with Crippen molar-refractivity contribution in [2.45, 2.75) is 56.9 Å². The predicted molar refractivity (Wildman–Crippen MR) is 71.8 cm³/mol. The quantitative estimate of drug-likeness (QED) is 0.837. The molecule has 0 unspecified atom stereocenters. The Labute approximate surface area is 112 Å².